The van der Waals surface area contributed by atoms with Gasteiger partial charge in [-0.3, -0.25) is 10.1 Å². The molecule has 0 aliphatic carbocycles. The summed E-state index contributed by atoms with van der Waals surface area (Å²) in [4.78, 5) is 13.2. The summed E-state index contributed by atoms with van der Waals surface area (Å²) in [5.41, 5.74) is 0.647. The molecule has 0 bridgehead atoms. The first-order valence-corrected chi connectivity index (χ1v) is 6.31. The largest absolute Gasteiger partial charge is 0.401 e. The Hall–Kier alpha value is -1.78. The summed E-state index contributed by atoms with van der Waals surface area (Å²) >= 11 is 5.85. The van der Waals surface area contributed by atoms with Crippen LogP contribution in [0.25, 0.3) is 0 Å². The van der Waals surface area contributed by atoms with Crippen molar-refractivity contribution in [2.75, 3.05) is 18.5 Å². The molecule has 114 valence electrons. The van der Waals surface area contributed by atoms with Crippen LogP contribution in [0.15, 0.2) is 18.2 Å². The van der Waals surface area contributed by atoms with E-state index in [1.165, 1.54) is 37.1 Å². The average molecular weight is 320 g/mol. The minimum atomic E-state index is -4.38. The summed E-state index contributed by atoms with van der Waals surface area (Å²) in [5, 5.41) is 11.0. The highest BCUT2D eigenvalue weighted by Gasteiger charge is 2.29. The quantitative estimate of drug-likeness (QED) is 0.928. The number of carbonyl (C=O) groups excluding carboxylic acids is 1. The second-order valence-electron chi connectivity index (χ2n) is 4.39. The van der Waals surface area contributed by atoms with E-state index in [9.17, 15) is 18.0 Å². The van der Waals surface area contributed by atoms with Gasteiger partial charge in [-0.25, -0.2) is 0 Å². The number of anilines is 1. The second kappa shape index (κ2) is 6.78. The van der Waals surface area contributed by atoms with Crippen molar-refractivity contribution in [1.29, 1.82) is 5.26 Å². The van der Waals surface area contributed by atoms with Crippen LogP contribution in [0.2, 0.25) is 5.02 Å². The molecule has 0 aromatic heterocycles. The second-order valence-corrected chi connectivity index (χ2v) is 4.80. The molecule has 0 saturated heterocycles. The van der Waals surface area contributed by atoms with E-state index in [4.69, 9.17) is 16.9 Å². The Morgan fingerprint density at radius 2 is 2.14 bits per heavy atom. The van der Waals surface area contributed by atoms with Gasteiger partial charge in [0, 0.05) is 12.7 Å². The molecule has 1 aromatic rings. The van der Waals surface area contributed by atoms with Crippen molar-refractivity contribution in [3.8, 4) is 6.07 Å². The topological polar surface area (TPSA) is 56.1 Å². The average Bonchev–Trinajstić information content (AvgIpc) is 2.42. The molecule has 21 heavy (non-hydrogen) atoms. The number of nitriles is 1. The minimum absolute atomic E-state index is 0.172. The van der Waals surface area contributed by atoms with E-state index in [1.807, 2.05) is 6.07 Å². The third-order valence-corrected chi connectivity index (χ3v) is 3.08. The van der Waals surface area contributed by atoms with Crippen LogP contribution in [0.5, 0.6) is 0 Å². The van der Waals surface area contributed by atoms with Crippen LogP contribution in [0.1, 0.15) is 12.5 Å². The number of likely N-dealkylation sites (N-methyl/N-ethyl adjacent to an activating group) is 1. The lowest BCUT2D eigenvalue weighted by atomic mass is 10.2. The smallest absolute Gasteiger partial charge is 0.314 e. The van der Waals surface area contributed by atoms with Crippen LogP contribution >= 0.6 is 11.6 Å². The minimum Gasteiger partial charge on any atom is -0.314 e. The van der Waals surface area contributed by atoms with Gasteiger partial charge in [-0.15, -0.1) is 0 Å². The van der Waals surface area contributed by atoms with Gasteiger partial charge in [0.1, 0.15) is 6.07 Å². The highest BCUT2D eigenvalue weighted by molar-refractivity contribution is 6.32. The summed E-state index contributed by atoms with van der Waals surface area (Å²) in [6, 6.07) is 5.22. The molecule has 0 unspecified atom stereocenters. The molecule has 4 nitrogen and oxygen atoms in total. The number of hydrogen-bond donors (Lipinski definition) is 1. The van der Waals surface area contributed by atoms with Crippen molar-refractivity contribution >= 4 is 23.2 Å². The van der Waals surface area contributed by atoms with Crippen LogP contribution in [0, 0.1) is 11.3 Å². The third-order valence-electron chi connectivity index (χ3n) is 2.77. The fourth-order valence-electron chi connectivity index (χ4n) is 1.58. The van der Waals surface area contributed by atoms with Crippen molar-refractivity contribution < 1.29 is 18.0 Å². The van der Waals surface area contributed by atoms with Crippen LogP contribution in [0.4, 0.5) is 18.9 Å². The number of alkyl halides is 3. The number of rotatable bonds is 4. The molecule has 1 amide bonds. The number of carbonyl (C=O) groups is 1. The maximum Gasteiger partial charge on any atom is 0.401 e. The first-order chi connectivity index (χ1) is 9.65. The zero-order valence-corrected chi connectivity index (χ0v) is 12.1. The van der Waals surface area contributed by atoms with Crippen molar-refractivity contribution in [3.63, 3.8) is 0 Å². The maximum absolute atomic E-state index is 12.1. The summed E-state index contributed by atoms with van der Waals surface area (Å²) in [5.74, 6) is -0.542. The molecule has 1 N–H and O–H groups in total. The lowest BCUT2D eigenvalue weighted by molar-refractivity contribution is -0.130. The van der Waals surface area contributed by atoms with E-state index in [-0.39, 0.29) is 10.6 Å². The van der Waals surface area contributed by atoms with Crippen molar-refractivity contribution in [2.24, 2.45) is 0 Å². The zero-order chi connectivity index (χ0) is 16.2. The molecular weight excluding hydrogens is 307 g/mol. The number of nitrogens with zero attached hydrogens (tertiary/aromatic N) is 2. The standard InChI is InChI=1S/C13H13ClF3N3O/c1-8(19-7-13(15,16)17)12(21)20(2)10-4-3-9(6-18)11(14)5-10/h3-5,8,19H,7H2,1-2H3/t8-/m0/s1. The maximum atomic E-state index is 12.1. The molecule has 0 radical (unpaired) electrons. The number of amides is 1. The first kappa shape index (κ1) is 17.3. The zero-order valence-electron chi connectivity index (χ0n) is 11.3. The summed E-state index contributed by atoms with van der Waals surface area (Å²) in [6.45, 7) is 0.0949. The third kappa shape index (κ3) is 4.92. The highest BCUT2D eigenvalue weighted by Crippen LogP contribution is 2.23. The predicted molar refractivity (Wildman–Crippen MR) is 73.1 cm³/mol. The van der Waals surface area contributed by atoms with Crippen molar-refractivity contribution in [3.05, 3.63) is 28.8 Å². The molecule has 0 heterocycles. The van der Waals surface area contributed by atoms with Crippen LogP contribution in [-0.2, 0) is 4.79 Å². The lowest BCUT2D eigenvalue weighted by Crippen LogP contribution is -2.46. The molecule has 1 rings (SSSR count). The van der Waals surface area contributed by atoms with Gasteiger partial charge in [0.2, 0.25) is 5.91 Å². The van der Waals surface area contributed by atoms with Gasteiger partial charge in [-0.1, -0.05) is 11.6 Å². The van der Waals surface area contributed by atoms with Gasteiger partial charge in [-0.05, 0) is 25.1 Å². The van der Waals surface area contributed by atoms with Gasteiger partial charge in [0.05, 0.1) is 23.2 Å². The molecule has 0 fully saturated rings. The number of halogens is 4. The Kier molecular flexibility index (Phi) is 5.58. The molecule has 0 saturated carbocycles. The van der Waals surface area contributed by atoms with Crippen LogP contribution in [0.3, 0.4) is 0 Å². The predicted octanol–water partition coefficient (Wildman–Crippen LogP) is 2.71. The Balaban J connectivity index is 2.78. The van der Waals surface area contributed by atoms with Crippen LogP contribution < -0.4 is 10.2 Å². The summed E-state index contributed by atoms with van der Waals surface area (Å²) < 4.78 is 36.3. The van der Waals surface area contributed by atoms with E-state index >= 15 is 0 Å². The normalized spacial score (nSPS) is 12.6. The summed E-state index contributed by atoms with van der Waals surface area (Å²) in [6.07, 6.45) is -4.38. The van der Waals surface area contributed by atoms with E-state index in [0.29, 0.717) is 5.69 Å². The van der Waals surface area contributed by atoms with Crippen molar-refractivity contribution in [1.82, 2.24) is 5.32 Å². The molecule has 1 atom stereocenters. The fraction of sp³-hybridized carbons (Fsp3) is 0.385. The highest BCUT2D eigenvalue weighted by atomic mass is 35.5. The van der Waals surface area contributed by atoms with Gasteiger partial charge in [-0.2, -0.15) is 18.4 Å². The number of benzene rings is 1. The van der Waals surface area contributed by atoms with Crippen molar-refractivity contribution in [2.45, 2.75) is 19.1 Å². The van der Waals surface area contributed by atoms with E-state index < -0.39 is 24.7 Å². The molecule has 0 spiro atoms. The molecule has 1 aromatic carbocycles. The first-order valence-electron chi connectivity index (χ1n) is 5.93. The molecule has 0 aliphatic rings. The number of hydrogen-bond acceptors (Lipinski definition) is 3. The molecule has 0 aliphatic heterocycles. The van der Waals surface area contributed by atoms with Gasteiger partial charge in [0.25, 0.3) is 0 Å². The van der Waals surface area contributed by atoms with Crippen LogP contribution in [-0.4, -0.2) is 31.7 Å². The van der Waals surface area contributed by atoms with Gasteiger partial charge >= 0.3 is 6.18 Å². The molecular formula is C13H13ClF3N3O. The Morgan fingerprint density at radius 1 is 1.52 bits per heavy atom. The fourth-order valence-corrected chi connectivity index (χ4v) is 1.79. The monoisotopic (exact) mass is 319 g/mol. The Bertz CT molecular complexity index is 569. The number of nitrogens with one attached hydrogen (secondary N) is 1. The van der Waals surface area contributed by atoms with E-state index in [1.54, 1.807) is 0 Å². The summed E-state index contributed by atoms with van der Waals surface area (Å²) in [7, 11) is 1.42. The SMILES string of the molecule is C[C@H](NCC(F)(F)F)C(=O)N(C)c1ccc(C#N)c(Cl)c1. The van der Waals surface area contributed by atoms with Gasteiger partial charge in [0.15, 0.2) is 0 Å². The van der Waals surface area contributed by atoms with E-state index in [0.717, 1.165) is 0 Å². The Morgan fingerprint density at radius 3 is 2.62 bits per heavy atom. The van der Waals surface area contributed by atoms with E-state index in [2.05, 4.69) is 5.32 Å². The Labute approximate surface area is 125 Å². The lowest BCUT2D eigenvalue weighted by Gasteiger charge is -2.23. The van der Waals surface area contributed by atoms with Gasteiger partial charge < -0.3 is 4.90 Å². The molecule has 8 heteroatoms.